The van der Waals surface area contributed by atoms with Crippen LogP contribution >= 0.6 is 0 Å². The summed E-state index contributed by atoms with van der Waals surface area (Å²) in [5, 5.41) is 13.0. The normalized spacial score (nSPS) is 24.6. The minimum atomic E-state index is -3.65. The van der Waals surface area contributed by atoms with Gasteiger partial charge in [-0.15, -0.1) is 0 Å². The quantitative estimate of drug-likeness (QED) is 0.653. The Balaban J connectivity index is 2.26. The van der Waals surface area contributed by atoms with Gasteiger partial charge >= 0.3 is 0 Å². The van der Waals surface area contributed by atoms with Crippen molar-refractivity contribution >= 4 is 15.8 Å². The lowest BCUT2D eigenvalue weighted by Gasteiger charge is -2.31. The molecular formula is C9H16N4O3S. The lowest BCUT2D eigenvalue weighted by molar-refractivity contribution is 0.0712. The van der Waals surface area contributed by atoms with Gasteiger partial charge in [0.25, 0.3) is 0 Å². The van der Waals surface area contributed by atoms with Gasteiger partial charge in [-0.3, -0.25) is 4.68 Å². The van der Waals surface area contributed by atoms with Crippen molar-refractivity contribution in [2.24, 2.45) is 7.05 Å². The average Bonchev–Trinajstić information content (AvgIpc) is 2.38. The smallest absolute Gasteiger partial charge is 0.246 e. The van der Waals surface area contributed by atoms with E-state index in [-0.39, 0.29) is 16.8 Å². The Morgan fingerprint density at radius 3 is 2.53 bits per heavy atom. The number of hydrogen-bond acceptors (Lipinski definition) is 5. The largest absolute Gasteiger partial charge is 0.393 e. The molecule has 8 heteroatoms. The highest BCUT2D eigenvalue weighted by Gasteiger charge is 2.33. The van der Waals surface area contributed by atoms with Gasteiger partial charge in [-0.1, -0.05) is 0 Å². The zero-order valence-electron chi connectivity index (χ0n) is 9.71. The Kier molecular flexibility index (Phi) is 2.88. The molecule has 1 saturated carbocycles. The lowest BCUT2D eigenvalue weighted by atomic mass is 9.91. The fraction of sp³-hybridized carbons (Fsp3) is 0.667. The van der Waals surface area contributed by atoms with Crippen molar-refractivity contribution in [1.82, 2.24) is 14.5 Å². The number of aliphatic hydroxyl groups excluding tert-OH is 1. The van der Waals surface area contributed by atoms with Crippen molar-refractivity contribution in [2.75, 3.05) is 5.73 Å². The molecule has 0 radical (unpaired) electrons. The van der Waals surface area contributed by atoms with E-state index in [1.54, 1.807) is 14.0 Å². The molecule has 0 aliphatic heterocycles. The van der Waals surface area contributed by atoms with Crippen LogP contribution in [0.3, 0.4) is 0 Å². The molecule has 1 fully saturated rings. The van der Waals surface area contributed by atoms with Crippen LogP contribution in [0.15, 0.2) is 4.90 Å². The highest BCUT2D eigenvalue weighted by Crippen LogP contribution is 2.25. The van der Waals surface area contributed by atoms with Crippen LogP contribution in [-0.4, -0.2) is 35.5 Å². The second-order valence-corrected chi connectivity index (χ2v) is 6.02. The Morgan fingerprint density at radius 1 is 1.53 bits per heavy atom. The number of nitrogens with one attached hydrogen (secondary N) is 1. The van der Waals surface area contributed by atoms with Gasteiger partial charge in [0.1, 0.15) is 4.90 Å². The highest BCUT2D eigenvalue weighted by molar-refractivity contribution is 7.89. The van der Waals surface area contributed by atoms with Gasteiger partial charge in [-0.05, 0) is 19.8 Å². The molecule has 0 atom stereocenters. The molecule has 1 aliphatic carbocycles. The molecule has 7 nitrogen and oxygen atoms in total. The van der Waals surface area contributed by atoms with Crippen molar-refractivity contribution in [1.29, 1.82) is 0 Å². The topological polar surface area (TPSA) is 110 Å². The maximum absolute atomic E-state index is 12.1. The molecule has 0 spiro atoms. The van der Waals surface area contributed by atoms with E-state index in [0.717, 1.165) is 0 Å². The molecular weight excluding hydrogens is 244 g/mol. The van der Waals surface area contributed by atoms with Gasteiger partial charge in [-0.25, -0.2) is 13.1 Å². The molecule has 1 aliphatic rings. The summed E-state index contributed by atoms with van der Waals surface area (Å²) < 4.78 is 28.1. The number of sulfonamides is 1. The van der Waals surface area contributed by atoms with Gasteiger partial charge in [0.15, 0.2) is 5.82 Å². The molecule has 0 saturated heterocycles. The summed E-state index contributed by atoms with van der Waals surface area (Å²) in [6, 6.07) is -0.214. The summed E-state index contributed by atoms with van der Waals surface area (Å²) in [6.07, 6.45) is 0.478. The first-order chi connectivity index (χ1) is 7.81. The number of hydrogen-bond donors (Lipinski definition) is 3. The maximum Gasteiger partial charge on any atom is 0.246 e. The third kappa shape index (κ3) is 2.15. The molecule has 0 bridgehead atoms. The first-order valence-electron chi connectivity index (χ1n) is 5.30. The molecule has 4 N–H and O–H groups in total. The Hall–Kier alpha value is -1.12. The van der Waals surface area contributed by atoms with Crippen LogP contribution in [0.1, 0.15) is 18.5 Å². The average molecular weight is 260 g/mol. The standard InChI is InChI=1S/C9H16N4O3S/c1-5-8(9(10)11-13(5)2)17(15,16)12-6-3-7(14)4-6/h6-7,12,14H,3-4H2,1-2H3,(H2,10,11). The molecule has 1 heterocycles. The summed E-state index contributed by atoms with van der Waals surface area (Å²) in [4.78, 5) is 0.0291. The summed E-state index contributed by atoms with van der Waals surface area (Å²) in [5.41, 5.74) is 6.09. The zero-order valence-corrected chi connectivity index (χ0v) is 10.5. The van der Waals surface area contributed by atoms with Crippen molar-refractivity contribution < 1.29 is 13.5 Å². The van der Waals surface area contributed by atoms with Crippen LogP contribution in [0.2, 0.25) is 0 Å². The van der Waals surface area contributed by atoms with Crippen molar-refractivity contribution in [3.63, 3.8) is 0 Å². The summed E-state index contributed by atoms with van der Waals surface area (Å²) >= 11 is 0. The number of nitrogens with two attached hydrogens (primary N) is 1. The fourth-order valence-electron chi connectivity index (χ4n) is 1.91. The van der Waals surface area contributed by atoms with Gasteiger partial charge in [-0.2, -0.15) is 5.10 Å². The van der Waals surface area contributed by atoms with E-state index >= 15 is 0 Å². The molecule has 2 rings (SSSR count). The lowest BCUT2D eigenvalue weighted by Crippen LogP contribution is -2.46. The Bertz CT molecular complexity index is 531. The van der Waals surface area contributed by atoms with E-state index in [9.17, 15) is 8.42 Å². The van der Waals surface area contributed by atoms with Gasteiger partial charge in [0, 0.05) is 13.1 Å². The number of aryl methyl sites for hydroxylation is 1. The molecule has 0 aromatic carbocycles. The number of aliphatic hydroxyl groups is 1. The van der Waals surface area contributed by atoms with E-state index < -0.39 is 16.1 Å². The Morgan fingerprint density at radius 2 is 2.12 bits per heavy atom. The van der Waals surface area contributed by atoms with Crippen molar-refractivity contribution in [3.05, 3.63) is 5.69 Å². The van der Waals surface area contributed by atoms with Crippen molar-refractivity contribution in [3.8, 4) is 0 Å². The van der Waals surface area contributed by atoms with E-state index in [1.807, 2.05) is 0 Å². The van der Waals surface area contributed by atoms with Crippen LogP contribution < -0.4 is 10.5 Å². The van der Waals surface area contributed by atoms with Gasteiger partial charge in [0.2, 0.25) is 10.0 Å². The van der Waals surface area contributed by atoms with Gasteiger partial charge < -0.3 is 10.8 Å². The number of nitrogen functional groups attached to an aromatic ring is 1. The van der Waals surface area contributed by atoms with E-state index in [4.69, 9.17) is 10.8 Å². The number of anilines is 1. The van der Waals surface area contributed by atoms with Crippen LogP contribution in [0.5, 0.6) is 0 Å². The molecule has 17 heavy (non-hydrogen) atoms. The first-order valence-corrected chi connectivity index (χ1v) is 6.79. The first kappa shape index (κ1) is 12.3. The van der Waals surface area contributed by atoms with Crippen LogP contribution in [0.25, 0.3) is 0 Å². The second kappa shape index (κ2) is 3.97. The number of aromatic nitrogens is 2. The minimum Gasteiger partial charge on any atom is -0.393 e. The SMILES string of the molecule is Cc1c(S(=O)(=O)NC2CC(O)C2)c(N)nn1C. The maximum atomic E-state index is 12.1. The van der Waals surface area contributed by atoms with Crippen molar-refractivity contribution in [2.45, 2.75) is 36.8 Å². The second-order valence-electron chi connectivity index (χ2n) is 4.37. The summed E-state index contributed by atoms with van der Waals surface area (Å²) in [5.74, 6) is -0.00243. The zero-order chi connectivity index (χ0) is 12.8. The third-order valence-electron chi connectivity index (χ3n) is 3.01. The molecule has 96 valence electrons. The predicted molar refractivity (Wildman–Crippen MR) is 61.7 cm³/mol. The monoisotopic (exact) mass is 260 g/mol. The number of rotatable bonds is 3. The Labute approximate surface area is 99.7 Å². The highest BCUT2D eigenvalue weighted by atomic mass is 32.2. The minimum absolute atomic E-state index is 0.00243. The summed E-state index contributed by atoms with van der Waals surface area (Å²) in [7, 11) is -2.02. The van der Waals surface area contributed by atoms with E-state index in [2.05, 4.69) is 9.82 Å². The summed E-state index contributed by atoms with van der Waals surface area (Å²) in [6.45, 7) is 1.65. The molecule has 0 amide bonds. The van der Waals surface area contributed by atoms with Crippen LogP contribution in [0.4, 0.5) is 5.82 Å². The predicted octanol–water partition coefficient (Wildman–Crippen LogP) is -0.888. The van der Waals surface area contributed by atoms with Gasteiger partial charge in [0.05, 0.1) is 11.8 Å². The molecule has 1 aromatic rings. The molecule has 0 unspecified atom stereocenters. The van der Waals surface area contributed by atoms with Crippen LogP contribution in [-0.2, 0) is 17.1 Å². The number of nitrogens with zero attached hydrogens (tertiary/aromatic N) is 2. The van der Waals surface area contributed by atoms with E-state index in [1.165, 1.54) is 4.68 Å². The fourth-order valence-corrected chi connectivity index (χ4v) is 3.50. The third-order valence-corrected chi connectivity index (χ3v) is 4.69. The molecule has 1 aromatic heterocycles. The van der Waals surface area contributed by atoms with E-state index in [0.29, 0.717) is 18.5 Å². The van der Waals surface area contributed by atoms with Crippen LogP contribution in [0, 0.1) is 6.92 Å².